The van der Waals surface area contributed by atoms with Crippen molar-refractivity contribution in [3.63, 3.8) is 0 Å². The molecule has 7 aromatic rings. The van der Waals surface area contributed by atoms with Gasteiger partial charge in [-0.25, -0.2) is 0 Å². The van der Waals surface area contributed by atoms with E-state index < -0.39 is 0 Å². The van der Waals surface area contributed by atoms with Crippen LogP contribution in [0.4, 0.5) is 0 Å². The Morgan fingerprint density at radius 1 is 0.535 bits per heavy atom. The molecule has 0 aromatic heterocycles. The van der Waals surface area contributed by atoms with Crippen molar-refractivity contribution < 1.29 is 0 Å². The zero-order valence-corrected chi connectivity index (χ0v) is 24.8. The third-order valence-corrected chi connectivity index (χ3v) is 9.53. The van der Waals surface area contributed by atoms with Crippen LogP contribution in [0.15, 0.2) is 133 Å². The second-order valence-corrected chi connectivity index (χ2v) is 12.1. The summed E-state index contributed by atoms with van der Waals surface area (Å²) in [5.41, 5.74) is 12.4. The minimum Gasteiger partial charge on any atom is -0.0836 e. The topological polar surface area (TPSA) is 0 Å². The zero-order valence-electron chi connectivity index (χ0n) is 24.8. The molecule has 0 fully saturated rings. The maximum absolute atomic E-state index is 2.47. The Labute approximate surface area is 254 Å². The van der Waals surface area contributed by atoms with Gasteiger partial charge in [-0.1, -0.05) is 161 Å². The molecule has 1 aliphatic rings. The first kappa shape index (κ1) is 25.8. The maximum Gasteiger partial charge on any atom is 0.243 e. The van der Waals surface area contributed by atoms with Crippen molar-refractivity contribution in [2.45, 2.75) is 26.7 Å². The second-order valence-electron chi connectivity index (χ2n) is 12.1. The van der Waals surface area contributed by atoms with Crippen LogP contribution >= 0.6 is 0 Å². The first-order valence-corrected chi connectivity index (χ1v) is 15.5. The van der Waals surface area contributed by atoms with Gasteiger partial charge >= 0.3 is 0 Å². The molecule has 0 atom stereocenters. The highest BCUT2D eigenvalue weighted by Crippen LogP contribution is 2.34. The van der Waals surface area contributed by atoms with Crippen molar-refractivity contribution in [1.82, 2.24) is 0 Å². The summed E-state index contributed by atoms with van der Waals surface area (Å²) in [6, 6.07) is 47.6. The van der Waals surface area contributed by atoms with Gasteiger partial charge in [-0.2, -0.15) is 0 Å². The number of hydrogen-bond acceptors (Lipinski definition) is 0. The van der Waals surface area contributed by atoms with Gasteiger partial charge in [0.05, 0.1) is 0 Å². The Hall–Kier alpha value is -4.88. The second kappa shape index (κ2) is 10.4. The fraction of sp³-hybridized carbons (Fsp3) is 0.0952. The smallest absolute Gasteiger partial charge is 0.0836 e. The Bertz CT molecular complexity index is 2220. The van der Waals surface area contributed by atoms with Crippen LogP contribution in [-0.2, 0) is 6.42 Å². The summed E-state index contributed by atoms with van der Waals surface area (Å²) in [4.78, 5) is 0. The van der Waals surface area contributed by atoms with Crippen LogP contribution in [0.2, 0.25) is 0 Å². The van der Waals surface area contributed by atoms with E-state index in [9.17, 15) is 0 Å². The van der Waals surface area contributed by atoms with Crippen LogP contribution in [0.25, 0.3) is 49.5 Å². The highest BCUT2D eigenvalue weighted by atomic mass is 14.2. The third kappa shape index (κ3) is 4.31. The Morgan fingerprint density at radius 3 is 2.09 bits per heavy atom. The monoisotopic (exact) mass is 548 g/mol. The van der Waals surface area contributed by atoms with Crippen LogP contribution in [0.1, 0.15) is 28.7 Å². The fourth-order valence-corrected chi connectivity index (χ4v) is 7.52. The molecular formula is C42H33B. The third-order valence-electron chi connectivity index (χ3n) is 9.53. The molecule has 0 nitrogen and oxygen atoms in total. The van der Waals surface area contributed by atoms with Crippen LogP contribution in [0.5, 0.6) is 0 Å². The normalized spacial score (nSPS) is 12.6. The molecule has 1 aliphatic carbocycles. The summed E-state index contributed by atoms with van der Waals surface area (Å²) in [5, 5.41) is 7.84. The highest BCUT2D eigenvalue weighted by Gasteiger charge is 2.30. The van der Waals surface area contributed by atoms with E-state index in [1.807, 2.05) is 0 Å². The molecule has 204 valence electrons. The lowest BCUT2D eigenvalue weighted by molar-refractivity contribution is 0.991. The van der Waals surface area contributed by atoms with Gasteiger partial charge in [0.25, 0.3) is 0 Å². The molecule has 0 saturated carbocycles. The predicted octanol–water partition coefficient (Wildman–Crippen LogP) is 8.91. The zero-order chi connectivity index (χ0) is 28.9. The van der Waals surface area contributed by atoms with Gasteiger partial charge in [0.15, 0.2) is 0 Å². The summed E-state index contributed by atoms with van der Waals surface area (Å²) in [6.07, 6.45) is 6.82. The van der Waals surface area contributed by atoms with Gasteiger partial charge in [0, 0.05) is 0 Å². The number of hydrogen-bond donors (Lipinski definition) is 0. The number of fused-ring (bicyclic) bond motifs is 5. The number of benzene rings is 7. The summed E-state index contributed by atoms with van der Waals surface area (Å²) in [5.74, 6) is 0. The molecular weight excluding hydrogens is 515 g/mol. The van der Waals surface area contributed by atoms with E-state index in [0.29, 0.717) is 0 Å². The largest absolute Gasteiger partial charge is 0.243 e. The van der Waals surface area contributed by atoms with E-state index in [1.54, 1.807) is 0 Å². The molecule has 1 heteroatoms. The van der Waals surface area contributed by atoms with E-state index >= 15 is 0 Å². The van der Waals surface area contributed by atoms with Crippen molar-refractivity contribution in [1.29, 1.82) is 0 Å². The molecule has 0 bridgehead atoms. The molecule has 8 rings (SSSR count). The number of rotatable bonds is 4. The van der Waals surface area contributed by atoms with Crippen LogP contribution in [0, 0.1) is 13.8 Å². The molecule has 0 unspecified atom stereocenters. The minimum atomic E-state index is 0.124. The SMILES string of the molecule is Cc1ccc2c(c1B(c1cccc(-c3cc4ccccc4c4ccccc34)c1)c1c(C)ccc3ccccc13)CCC=C2. The summed E-state index contributed by atoms with van der Waals surface area (Å²) < 4.78 is 0. The Balaban J connectivity index is 1.43. The molecule has 0 radical (unpaired) electrons. The van der Waals surface area contributed by atoms with E-state index in [1.165, 1.54) is 82.1 Å². The molecule has 0 aliphatic heterocycles. The van der Waals surface area contributed by atoms with E-state index in [-0.39, 0.29) is 6.71 Å². The van der Waals surface area contributed by atoms with Gasteiger partial charge in [0.1, 0.15) is 0 Å². The van der Waals surface area contributed by atoms with Crippen LogP contribution < -0.4 is 16.4 Å². The first-order valence-electron chi connectivity index (χ1n) is 15.5. The van der Waals surface area contributed by atoms with E-state index in [2.05, 4.69) is 153 Å². The van der Waals surface area contributed by atoms with E-state index in [0.717, 1.165) is 12.8 Å². The summed E-state index contributed by atoms with van der Waals surface area (Å²) in [6.45, 7) is 4.72. The summed E-state index contributed by atoms with van der Waals surface area (Å²) >= 11 is 0. The quantitative estimate of drug-likeness (QED) is 0.152. The van der Waals surface area contributed by atoms with Crippen molar-refractivity contribution in [2.75, 3.05) is 0 Å². The highest BCUT2D eigenvalue weighted by molar-refractivity contribution is 6.97. The van der Waals surface area contributed by atoms with E-state index in [4.69, 9.17) is 0 Å². The minimum absolute atomic E-state index is 0.124. The van der Waals surface area contributed by atoms with Crippen molar-refractivity contribution in [3.05, 3.63) is 156 Å². The fourth-order valence-electron chi connectivity index (χ4n) is 7.52. The van der Waals surface area contributed by atoms with Gasteiger partial charge in [-0.15, -0.1) is 0 Å². The van der Waals surface area contributed by atoms with Gasteiger partial charge in [0.2, 0.25) is 6.71 Å². The van der Waals surface area contributed by atoms with Crippen molar-refractivity contribution in [3.8, 4) is 11.1 Å². The average molecular weight is 549 g/mol. The maximum atomic E-state index is 2.47. The molecule has 0 saturated heterocycles. The standard InChI is InChI=1S/C42H33B/c1-28-22-24-30-12-3-7-18-36(30)41(28)43(42-29(2)23-25-31-13-4-8-19-37(31)42)34-16-11-15-32(26-34)40-27-33-14-5-6-17-35(33)38-20-9-10-21-39(38)40/h3-7,9-18,20-27H,8,19H2,1-2H3. The Morgan fingerprint density at radius 2 is 1.23 bits per heavy atom. The van der Waals surface area contributed by atoms with Gasteiger partial charge in [-0.05, 0) is 87.3 Å². The average Bonchev–Trinajstić information content (AvgIpc) is 3.06. The Kier molecular flexibility index (Phi) is 6.26. The lowest BCUT2D eigenvalue weighted by Crippen LogP contribution is -2.55. The first-order chi connectivity index (χ1) is 21.2. The lowest BCUT2D eigenvalue weighted by atomic mass is 9.34. The molecule has 0 N–H and O–H groups in total. The molecule has 0 amide bonds. The number of allylic oxidation sites excluding steroid dienone is 1. The van der Waals surface area contributed by atoms with Crippen molar-refractivity contribution >= 4 is 61.5 Å². The lowest BCUT2D eigenvalue weighted by Gasteiger charge is -2.27. The van der Waals surface area contributed by atoms with Crippen LogP contribution in [0.3, 0.4) is 0 Å². The molecule has 7 aromatic carbocycles. The van der Waals surface area contributed by atoms with Crippen LogP contribution in [-0.4, -0.2) is 6.71 Å². The van der Waals surface area contributed by atoms with Gasteiger partial charge < -0.3 is 0 Å². The predicted molar refractivity (Wildman–Crippen MR) is 189 cm³/mol. The molecule has 0 heterocycles. The molecule has 43 heavy (non-hydrogen) atoms. The van der Waals surface area contributed by atoms with Crippen molar-refractivity contribution in [2.24, 2.45) is 0 Å². The van der Waals surface area contributed by atoms with Gasteiger partial charge in [-0.3, -0.25) is 0 Å². The molecule has 0 spiro atoms. The number of aryl methyl sites for hydroxylation is 2. The summed E-state index contributed by atoms with van der Waals surface area (Å²) in [7, 11) is 0.